The molecular formula is C11H17F3N2O3. The Hall–Kier alpha value is -1.31. The van der Waals surface area contributed by atoms with E-state index in [1.165, 1.54) is 13.8 Å². The monoisotopic (exact) mass is 282 g/mol. The first-order valence-electron chi connectivity index (χ1n) is 5.82. The van der Waals surface area contributed by atoms with Crippen LogP contribution in [0.4, 0.5) is 13.2 Å². The molecule has 2 amide bonds. The molecule has 0 aromatic carbocycles. The van der Waals surface area contributed by atoms with Crippen molar-refractivity contribution >= 4 is 11.8 Å². The highest BCUT2D eigenvalue weighted by atomic mass is 19.4. The summed E-state index contributed by atoms with van der Waals surface area (Å²) in [5.41, 5.74) is -1.11. The van der Waals surface area contributed by atoms with Gasteiger partial charge in [-0.3, -0.25) is 9.59 Å². The third kappa shape index (κ3) is 5.46. The lowest BCUT2D eigenvalue weighted by Crippen LogP contribution is -2.42. The van der Waals surface area contributed by atoms with Gasteiger partial charge in [0, 0.05) is 19.5 Å². The number of carbonyl (C=O) groups excluding carboxylic acids is 2. The molecule has 1 atom stereocenters. The minimum absolute atomic E-state index is 0.0181. The number of amides is 2. The first-order chi connectivity index (χ1) is 8.48. The largest absolute Gasteiger partial charge is 0.406 e. The molecule has 1 saturated heterocycles. The molecule has 5 nitrogen and oxygen atoms in total. The summed E-state index contributed by atoms with van der Waals surface area (Å²) in [5, 5.41) is 11.8. The molecule has 110 valence electrons. The molecular weight excluding hydrogens is 265 g/mol. The summed E-state index contributed by atoms with van der Waals surface area (Å²) in [6, 6.07) is 0. The molecule has 0 radical (unpaired) electrons. The third-order valence-electron chi connectivity index (χ3n) is 2.65. The number of rotatable bonds is 4. The number of halogens is 3. The molecule has 0 aliphatic carbocycles. The lowest BCUT2D eigenvalue weighted by Gasteiger charge is -2.20. The van der Waals surface area contributed by atoms with Crippen LogP contribution in [0.5, 0.6) is 0 Å². The number of nitrogens with one attached hydrogen (secondary N) is 1. The second-order valence-corrected chi connectivity index (χ2v) is 5.32. The van der Waals surface area contributed by atoms with E-state index >= 15 is 0 Å². The van der Waals surface area contributed by atoms with Crippen LogP contribution in [0, 0.1) is 5.92 Å². The molecule has 8 heteroatoms. The summed E-state index contributed by atoms with van der Waals surface area (Å²) in [6.07, 6.45) is -4.69. The van der Waals surface area contributed by atoms with Crippen LogP contribution in [0.1, 0.15) is 20.3 Å². The number of hydrogen-bond donors (Lipinski definition) is 2. The second-order valence-electron chi connectivity index (χ2n) is 5.32. The number of alkyl halides is 3. The SMILES string of the molecule is CC(C)(O)CNC(=O)C1CC(=O)N(CC(F)(F)F)C1. The van der Waals surface area contributed by atoms with Crippen molar-refractivity contribution in [2.24, 2.45) is 5.92 Å². The Balaban J connectivity index is 2.50. The summed E-state index contributed by atoms with van der Waals surface area (Å²) in [5.74, 6) is -1.99. The molecule has 0 aromatic heterocycles. The van der Waals surface area contributed by atoms with Crippen LogP contribution in [-0.2, 0) is 9.59 Å². The van der Waals surface area contributed by atoms with Crippen molar-refractivity contribution in [1.29, 1.82) is 0 Å². The van der Waals surface area contributed by atoms with E-state index in [0.717, 1.165) is 0 Å². The van der Waals surface area contributed by atoms with Gasteiger partial charge >= 0.3 is 6.18 Å². The van der Waals surface area contributed by atoms with Crippen molar-refractivity contribution in [3.8, 4) is 0 Å². The van der Waals surface area contributed by atoms with Crippen LogP contribution < -0.4 is 5.32 Å². The number of nitrogens with zero attached hydrogens (tertiary/aromatic N) is 1. The molecule has 1 rings (SSSR count). The molecule has 1 heterocycles. The van der Waals surface area contributed by atoms with Gasteiger partial charge in [-0.1, -0.05) is 0 Å². The van der Waals surface area contributed by atoms with Gasteiger partial charge in [0.15, 0.2) is 0 Å². The van der Waals surface area contributed by atoms with Crippen molar-refractivity contribution in [2.45, 2.75) is 32.0 Å². The zero-order chi connectivity index (χ0) is 14.8. The number of carbonyl (C=O) groups is 2. The average Bonchev–Trinajstić information content (AvgIpc) is 2.53. The molecule has 1 unspecified atom stereocenters. The van der Waals surface area contributed by atoms with Crippen LogP contribution in [0.3, 0.4) is 0 Å². The highest BCUT2D eigenvalue weighted by Gasteiger charge is 2.40. The predicted molar refractivity (Wildman–Crippen MR) is 60.0 cm³/mol. The Kier molecular flexibility index (Phi) is 4.44. The summed E-state index contributed by atoms with van der Waals surface area (Å²) < 4.78 is 36.6. The zero-order valence-corrected chi connectivity index (χ0v) is 10.8. The maximum Gasteiger partial charge on any atom is 0.406 e. The van der Waals surface area contributed by atoms with Crippen LogP contribution in [0.15, 0.2) is 0 Å². The molecule has 1 fully saturated rings. The highest BCUT2D eigenvalue weighted by molar-refractivity contribution is 5.89. The fourth-order valence-corrected chi connectivity index (χ4v) is 1.76. The van der Waals surface area contributed by atoms with Gasteiger partial charge in [-0.25, -0.2) is 0 Å². The van der Waals surface area contributed by atoms with E-state index < -0.39 is 36.1 Å². The topological polar surface area (TPSA) is 69.6 Å². The van der Waals surface area contributed by atoms with E-state index in [9.17, 15) is 27.9 Å². The first kappa shape index (κ1) is 15.7. The fourth-order valence-electron chi connectivity index (χ4n) is 1.76. The van der Waals surface area contributed by atoms with Crippen LogP contribution >= 0.6 is 0 Å². The van der Waals surface area contributed by atoms with Gasteiger partial charge in [0.05, 0.1) is 11.5 Å². The molecule has 2 N–H and O–H groups in total. The van der Waals surface area contributed by atoms with Gasteiger partial charge in [-0.15, -0.1) is 0 Å². The Morgan fingerprint density at radius 1 is 1.47 bits per heavy atom. The van der Waals surface area contributed by atoms with Crippen LogP contribution in [-0.4, -0.2) is 53.2 Å². The molecule has 0 bridgehead atoms. The Labute approximate surface area is 108 Å². The summed E-state index contributed by atoms with van der Waals surface area (Å²) in [6.45, 7) is 1.39. The van der Waals surface area contributed by atoms with E-state index in [4.69, 9.17) is 0 Å². The van der Waals surface area contributed by atoms with Crippen molar-refractivity contribution in [2.75, 3.05) is 19.6 Å². The molecule has 0 spiro atoms. The molecule has 1 aliphatic rings. The molecule has 19 heavy (non-hydrogen) atoms. The molecule has 0 saturated carbocycles. The van der Waals surface area contributed by atoms with Gasteiger partial charge in [-0.05, 0) is 13.8 Å². The predicted octanol–water partition coefficient (Wildman–Crippen LogP) is 0.284. The van der Waals surface area contributed by atoms with Crippen molar-refractivity contribution in [1.82, 2.24) is 10.2 Å². The maximum atomic E-state index is 12.2. The first-order valence-corrected chi connectivity index (χ1v) is 5.82. The van der Waals surface area contributed by atoms with Crippen molar-refractivity contribution in [3.63, 3.8) is 0 Å². The van der Waals surface area contributed by atoms with Crippen LogP contribution in [0.2, 0.25) is 0 Å². The standard InChI is InChI=1S/C11H17F3N2O3/c1-10(2,19)5-15-9(18)7-3-8(17)16(4-7)6-11(12,13)14/h7,19H,3-6H2,1-2H3,(H,15,18). The van der Waals surface area contributed by atoms with Gasteiger partial charge < -0.3 is 15.3 Å². The normalized spacial score (nSPS) is 20.8. The number of aliphatic hydroxyl groups is 1. The minimum Gasteiger partial charge on any atom is -0.389 e. The fraction of sp³-hybridized carbons (Fsp3) is 0.818. The molecule has 1 aliphatic heterocycles. The van der Waals surface area contributed by atoms with Crippen molar-refractivity contribution in [3.05, 3.63) is 0 Å². The van der Waals surface area contributed by atoms with E-state index in [1.807, 2.05) is 0 Å². The second kappa shape index (κ2) is 5.36. The smallest absolute Gasteiger partial charge is 0.389 e. The lowest BCUT2D eigenvalue weighted by atomic mass is 10.1. The summed E-state index contributed by atoms with van der Waals surface area (Å²) >= 11 is 0. The van der Waals surface area contributed by atoms with Gasteiger partial charge in [0.1, 0.15) is 6.54 Å². The average molecular weight is 282 g/mol. The van der Waals surface area contributed by atoms with Crippen LogP contribution in [0.25, 0.3) is 0 Å². The van der Waals surface area contributed by atoms with Crippen molar-refractivity contribution < 1.29 is 27.9 Å². The minimum atomic E-state index is -4.46. The Morgan fingerprint density at radius 3 is 2.53 bits per heavy atom. The quantitative estimate of drug-likeness (QED) is 0.778. The molecule has 0 aromatic rings. The van der Waals surface area contributed by atoms with E-state index in [1.54, 1.807) is 0 Å². The van der Waals surface area contributed by atoms with Gasteiger partial charge in [-0.2, -0.15) is 13.2 Å². The highest BCUT2D eigenvalue weighted by Crippen LogP contribution is 2.23. The van der Waals surface area contributed by atoms with E-state index in [0.29, 0.717) is 4.90 Å². The lowest BCUT2D eigenvalue weighted by molar-refractivity contribution is -0.157. The van der Waals surface area contributed by atoms with E-state index in [-0.39, 0.29) is 19.5 Å². The summed E-state index contributed by atoms with van der Waals surface area (Å²) in [4.78, 5) is 23.7. The Morgan fingerprint density at radius 2 is 2.05 bits per heavy atom. The Bertz CT molecular complexity index is 363. The third-order valence-corrected chi connectivity index (χ3v) is 2.65. The van der Waals surface area contributed by atoms with Gasteiger partial charge in [0.25, 0.3) is 0 Å². The number of likely N-dealkylation sites (tertiary alicyclic amines) is 1. The summed E-state index contributed by atoms with van der Waals surface area (Å²) in [7, 11) is 0. The van der Waals surface area contributed by atoms with E-state index in [2.05, 4.69) is 5.32 Å². The number of hydrogen-bond acceptors (Lipinski definition) is 3. The maximum absolute atomic E-state index is 12.2. The van der Waals surface area contributed by atoms with Gasteiger partial charge in [0.2, 0.25) is 11.8 Å². The zero-order valence-electron chi connectivity index (χ0n) is 10.8.